The van der Waals surface area contributed by atoms with Crippen LogP contribution in [0.25, 0.3) is 11.5 Å². The van der Waals surface area contributed by atoms with Gasteiger partial charge in [0, 0.05) is 25.1 Å². The zero-order valence-corrected chi connectivity index (χ0v) is 20.4. The van der Waals surface area contributed by atoms with E-state index in [0.29, 0.717) is 19.0 Å². The van der Waals surface area contributed by atoms with Crippen LogP contribution in [0.4, 0.5) is 0 Å². The molecule has 0 fully saturated rings. The van der Waals surface area contributed by atoms with E-state index < -0.39 is 0 Å². The molecule has 166 valence electrons. The van der Waals surface area contributed by atoms with E-state index in [1.54, 1.807) is 6.26 Å². The summed E-state index contributed by atoms with van der Waals surface area (Å²) in [6, 6.07) is 8.13. The van der Waals surface area contributed by atoms with Crippen molar-refractivity contribution in [2.24, 2.45) is 4.99 Å². The second-order valence-electron chi connectivity index (χ2n) is 7.55. The molecule has 8 nitrogen and oxygen atoms in total. The number of benzene rings is 1. The predicted octanol–water partition coefficient (Wildman–Crippen LogP) is 3.84. The highest BCUT2D eigenvalue weighted by molar-refractivity contribution is 14.0. The molecule has 0 unspecified atom stereocenters. The van der Waals surface area contributed by atoms with Gasteiger partial charge in [0.05, 0.1) is 13.1 Å². The number of rotatable bonds is 6. The first-order valence-corrected chi connectivity index (χ1v) is 10.7. The van der Waals surface area contributed by atoms with Gasteiger partial charge in [-0.1, -0.05) is 24.1 Å². The Morgan fingerprint density at radius 3 is 2.77 bits per heavy atom. The highest BCUT2D eigenvalue weighted by atomic mass is 127. The van der Waals surface area contributed by atoms with Crippen molar-refractivity contribution >= 4 is 29.9 Å². The Kier molecular flexibility index (Phi) is 8.44. The van der Waals surface area contributed by atoms with Gasteiger partial charge in [0.25, 0.3) is 0 Å². The van der Waals surface area contributed by atoms with E-state index in [1.165, 1.54) is 24.8 Å². The highest BCUT2D eigenvalue weighted by Gasteiger charge is 2.15. The molecular weight excluding hydrogens is 505 g/mol. The zero-order chi connectivity index (χ0) is 20.8. The fraction of sp³-hybridized carbons (Fsp3) is 0.455. The monoisotopic (exact) mass is 535 g/mol. The van der Waals surface area contributed by atoms with Crippen molar-refractivity contribution < 1.29 is 4.42 Å². The molecule has 0 saturated heterocycles. The Hall–Kier alpha value is -2.43. The molecule has 0 aliphatic carbocycles. The number of aliphatic imine (C=N–C) groups is 1. The summed E-state index contributed by atoms with van der Waals surface area (Å²) in [6.45, 7) is 6.90. The molecule has 0 bridgehead atoms. The van der Waals surface area contributed by atoms with Crippen LogP contribution in [0.5, 0.6) is 0 Å². The number of nitrogens with zero attached hydrogens (tertiary/aromatic N) is 5. The number of halogens is 1. The summed E-state index contributed by atoms with van der Waals surface area (Å²) in [4.78, 5) is 9.21. The van der Waals surface area contributed by atoms with Crippen LogP contribution in [0.15, 0.2) is 39.9 Å². The van der Waals surface area contributed by atoms with Crippen molar-refractivity contribution in [1.29, 1.82) is 0 Å². The summed E-state index contributed by atoms with van der Waals surface area (Å²) < 4.78 is 7.88. The van der Waals surface area contributed by atoms with Gasteiger partial charge in [-0.15, -0.1) is 34.2 Å². The van der Waals surface area contributed by atoms with Crippen molar-refractivity contribution in [2.75, 3.05) is 6.54 Å². The number of oxazole rings is 1. The maximum absolute atomic E-state index is 5.63. The molecule has 0 amide bonds. The summed E-state index contributed by atoms with van der Waals surface area (Å²) in [5.74, 6) is 3.39. The quantitative estimate of drug-likeness (QED) is 0.283. The molecule has 9 heteroatoms. The largest absolute Gasteiger partial charge is 0.444 e. The second kappa shape index (κ2) is 11.3. The minimum atomic E-state index is 0. The Morgan fingerprint density at radius 1 is 1.13 bits per heavy atom. The fourth-order valence-electron chi connectivity index (χ4n) is 3.55. The number of aryl methyl sites for hydroxylation is 2. The summed E-state index contributed by atoms with van der Waals surface area (Å²) in [5, 5.41) is 15.4. The first kappa shape index (κ1) is 23.2. The highest BCUT2D eigenvalue weighted by Crippen LogP contribution is 2.19. The number of hydrogen-bond donors (Lipinski definition) is 2. The molecule has 2 N–H and O–H groups in total. The van der Waals surface area contributed by atoms with E-state index >= 15 is 0 Å². The van der Waals surface area contributed by atoms with Crippen LogP contribution in [0, 0.1) is 6.92 Å². The molecule has 1 aliphatic rings. The first-order valence-electron chi connectivity index (χ1n) is 10.7. The first-order chi connectivity index (χ1) is 14.7. The molecular formula is C22H30IN7O. The third-order valence-corrected chi connectivity index (χ3v) is 5.19. The van der Waals surface area contributed by atoms with Gasteiger partial charge in [0.2, 0.25) is 5.89 Å². The Labute approximate surface area is 200 Å². The SMILES string of the molecule is CCNC(=NCc1coc(-c2ccc(C)cc2)n1)NCc1nnc2n1CCCCC2.I. The molecule has 4 rings (SSSR count). The van der Waals surface area contributed by atoms with Gasteiger partial charge in [0.15, 0.2) is 11.8 Å². The number of nitrogens with one attached hydrogen (secondary N) is 2. The Bertz CT molecular complexity index is 994. The van der Waals surface area contributed by atoms with Gasteiger partial charge >= 0.3 is 0 Å². The maximum Gasteiger partial charge on any atom is 0.226 e. The third kappa shape index (κ3) is 6.05. The van der Waals surface area contributed by atoms with Crippen LogP contribution in [0.2, 0.25) is 0 Å². The maximum atomic E-state index is 5.63. The smallest absolute Gasteiger partial charge is 0.226 e. The molecule has 0 saturated carbocycles. The van der Waals surface area contributed by atoms with Crippen molar-refractivity contribution in [2.45, 2.75) is 59.2 Å². The van der Waals surface area contributed by atoms with E-state index in [4.69, 9.17) is 4.42 Å². The minimum Gasteiger partial charge on any atom is -0.444 e. The van der Waals surface area contributed by atoms with Crippen LogP contribution in [0.1, 0.15) is 49.1 Å². The molecule has 1 aliphatic heterocycles. The van der Waals surface area contributed by atoms with Crippen LogP contribution in [-0.2, 0) is 26.1 Å². The number of guanidine groups is 1. The molecule has 0 radical (unpaired) electrons. The van der Waals surface area contributed by atoms with E-state index in [2.05, 4.69) is 54.4 Å². The van der Waals surface area contributed by atoms with Gasteiger partial charge < -0.3 is 19.6 Å². The third-order valence-electron chi connectivity index (χ3n) is 5.19. The molecule has 3 aromatic rings. The van der Waals surface area contributed by atoms with Gasteiger partial charge in [-0.2, -0.15) is 0 Å². The van der Waals surface area contributed by atoms with Gasteiger partial charge in [-0.05, 0) is 38.8 Å². The van der Waals surface area contributed by atoms with Crippen molar-refractivity contribution in [3.8, 4) is 11.5 Å². The molecule has 31 heavy (non-hydrogen) atoms. The van der Waals surface area contributed by atoms with Crippen LogP contribution in [0.3, 0.4) is 0 Å². The Morgan fingerprint density at radius 2 is 1.97 bits per heavy atom. The van der Waals surface area contributed by atoms with Crippen molar-refractivity contribution in [1.82, 2.24) is 30.4 Å². The predicted molar refractivity (Wildman–Crippen MR) is 131 cm³/mol. The standard InChI is InChI=1S/C22H29N7O.HI/c1-3-23-22(25-14-20-28-27-19-7-5-4-6-12-29(19)20)24-13-18-15-30-21(26-18)17-10-8-16(2)9-11-17;/h8-11,15H,3-7,12-14H2,1-2H3,(H2,23,24,25);1H. The summed E-state index contributed by atoms with van der Waals surface area (Å²) in [7, 11) is 0. The Balaban J connectivity index is 0.00000272. The molecule has 3 heterocycles. The van der Waals surface area contributed by atoms with Gasteiger partial charge in [0.1, 0.15) is 17.8 Å². The molecule has 0 atom stereocenters. The average Bonchev–Trinajstić information content (AvgIpc) is 3.31. The number of hydrogen-bond acceptors (Lipinski definition) is 5. The van der Waals surface area contributed by atoms with Crippen LogP contribution < -0.4 is 10.6 Å². The average molecular weight is 535 g/mol. The fourth-order valence-corrected chi connectivity index (χ4v) is 3.55. The topological polar surface area (TPSA) is 93.2 Å². The minimum absolute atomic E-state index is 0. The lowest BCUT2D eigenvalue weighted by molar-refractivity contribution is 0.572. The van der Waals surface area contributed by atoms with E-state index in [0.717, 1.165) is 48.4 Å². The lowest BCUT2D eigenvalue weighted by Gasteiger charge is -2.12. The number of aromatic nitrogens is 4. The molecule has 0 spiro atoms. The second-order valence-corrected chi connectivity index (χ2v) is 7.55. The van der Waals surface area contributed by atoms with Crippen molar-refractivity contribution in [3.63, 3.8) is 0 Å². The van der Waals surface area contributed by atoms with E-state index in [1.807, 2.05) is 19.1 Å². The van der Waals surface area contributed by atoms with Crippen molar-refractivity contribution in [3.05, 3.63) is 53.4 Å². The summed E-state index contributed by atoms with van der Waals surface area (Å²) >= 11 is 0. The van der Waals surface area contributed by atoms with Crippen LogP contribution in [-0.4, -0.2) is 32.3 Å². The normalized spacial score (nSPS) is 13.8. The van der Waals surface area contributed by atoms with E-state index in [9.17, 15) is 0 Å². The summed E-state index contributed by atoms with van der Waals surface area (Å²) in [6.07, 6.45) is 6.31. The molecule has 2 aromatic heterocycles. The van der Waals surface area contributed by atoms with Gasteiger partial charge in [-0.3, -0.25) is 0 Å². The molecule has 1 aromatic carbocycles. The summed E-state index contributed by atoms with van der Waals surface area (Å²) in [5.41, 5.74) is 2.97. The lowest BCUT2D eigenvalue weighted by Crippen LogP contribution is -2.37. The lowest BCUT2D eigenvalue weighted by atomic mass is 10.1. The van der Waals surface area contributed by atoms with E-state index in [-0.39, 0.29) is 24.0 Å². The number of fused-ring (bicyclic) bond motifs is 1. The van der Waals surface area contributed by atoms with Gasteiger partial charge in [-0.25, -0.2) is 9.98 Å². The van der Waals surface area contributed by atoms with Crippen LogP contribution >= 0.6 is 24.0 Å². The zero-order valence-electron chi connectivity index (χ0n) is 18.1.